The molecule has 0 amide bonds. The number of hydrogen-bond donors (Lipinski definition) is 1. The zero-order valence-electron chi connectivity index (χ0n) is 11.8. The van der Waals surface area contributed by atoms with Crippen LogP contribution in [0.4, 0.5) is 5.69 Å². The largest absolute Gasteiger partial charge is 0.493 e. The lowest BCUT2D eigenvalue weighted by molar-refractivity contribution is 0.231. The van der Waals surface area contributed by atoms with Crippen LogP contribution >= 0.6 is 0 Å². The van der Waals surface area contributed by atoms with Crippen molar-refractivity contribution in [2.75, 3.05) is 40.2 Å². The maximum absolute atomic E-state index is 5.94. The minimum atomic E-state index is 0.562. The maximum Gasteiger partial charge on any atom is 0.164 e. The Kier molecular flexibility index (Phi) is 4.37. The van der Waals surface area contributed by atoms with Crippen molar-refractivity contribution in [3.05, 3.63) is 12.1 Å². The van der Waals surface area contributed by atoms with Crippen LogP contribution in [-0.4, -0.2) is 45.4 Å². The molecule has 1 aliphatic rings. The Hall–Kier alpha value is -1.62. The van der Waals surface area contributed by atoms with E-state index in [2.05, 4.69) is 11.9 Å². The second-order valence-electron chi connectivity index (χ2n) is 4.81. The molecule has 0 unspecified atom stereocenters. The topological polar surface area (TPSA) is 57.0 Å². The predicted octanol–water partition coefficient (Wildman–Crippen LogP) is 1.76. The summed E-state index contributed by atoms with van der Waals surface area (Å²) in [7, 11) is 5.31. The molecule has 1 aromatic rings. The molecule has 19 heavy (non-hydrogen) atoms. The molecule has 0 spiro atoms. The Morgan fingerprint density at radius 3 is 2.37 bits per heavy atom. The lowest BCUT2D eigenvalue weighted by atomic mass is 10.2. The molecule has 0 aliphatic heterocycles. The van der Waals surface area contributed by atoms with Gasteiger partial charge >= 0.3 is 0 Å². The molecule has 0 radical (unpaired) electrons. The van der Waals surface area contributed by atoms with E-state index in [0.29, 0.717) is 29.5 Å². The smallest absolute Gasteiger partial charge is 0.164 e. The summed E-state index contributed by atoms with van der Waals surface area (Å²) < 4.78 is 16.1. The van der Waals surface area contributed by atoms with E-state index in [-0.39, 0.29) is 0 Å². The highest BCUT2D eigenvalue weighted by atomic mass is 16.5. The highest BCUT2D eigenvalue weighted by Gasteiger charge is 2.25. The van der Waals surface area contributed by atoms with Crippen LogP contribution in [0.5, 0.6) is 17.2 Å². The zero-order valence-corrected chi connectivity index (χ0v) is 11.8. The fourth-order valence-corrected chi connectivity index (χ4v) is 2.00. The van der Waals surface area contributed by atoms with Crippen LogP contribution in [0.15, 0.2) is 12.1 Å². The summed E-state index contributed by atoms with van der Waals surface area (Å²) in [6.45, 7) is 1.52. The van der Waals surface area contributed by atoms with Crippen molar-refractivity contribution in [1.29, 1.82) is 0 Å². The fraction of sp³-hybridized carbons (Fsp3) is 0.571. The molecule has 1 aliphatic carbocycles. The summed E-state index contributed by atoms with van der Waals surface area (Å²) in [5.74, 6) is 1.88. The molecule has 0 bridgehead atoms. The number of anilines is 1. The maximum atomic E-state index is 5.94. The average molecular weight is 266 g/mol. The Bertz CT molecular complexity index is 433. The molecule has 0 aromatic heterocycles. The first-order valence-corrected chi connectivity index (χ1v) is 6.50. The number of likely N-dealkylation sites (N-methyl/N-ethyl adjacent to an activating group) is 1. The minimum Gasteiger partial charge on any atom is -0.493 e. The third-order valence-electron chi connectivity index (χ3n) is 3.39. The number of ether oxygens (including phenoxy) is 3. The van der Waals surface area contributed by atoms with Crippen LogP contribution < -0.4 is 19.9 Å². The van der Waals surface area contributed by atoms with E-state index in [0.717, 1.165) is 12.6 Å². The molecule has 1 saturated carbocycles. The van der Waals surface area contributed by atoms with Crippen LogP contribution in [0.3, 0.4) is 0 Å². The van der Waals surface area contributed by atoms with Gasteiger partial charge in [-0.05, 0) is 19.9 Å². The zero-order chi connectivity index (χ0) is 13.8. The van der Waals surface area contributed by atoms with Crippen molar-refractivity contribution >= 4 is 5.69 Å². The van der Waals surface area contributed by atoms with Gasteiger partial charge in [0.15, 0.2) is 11.5 Å². The average Bonchev–Trinajstić information content (AvgIpc) is 3.24. The van der Waals surface area contributed by atoms with Crippen molar-refractivity contribution in [2.45, 2.75) is 18.9 Å². The van der Waals surface area contributed by atoms with Crippen molar-refractivity contribution in [1.82, 2.24) is 4.90 Å². The molecular weight excluding hydrogens is 244 g/mol. The second kappa shape index (κ2) is 6.02. The number of methoxy groups -OCH3 is 2. The standard InChI is InChI=1S/C14H22N2O3/c1-16(10-4-5-10)6-7-19-12-9-14(18-3)13(17-2)8-11(12)15/h8-10H,4-7,15H2,1-3H3. The SMILES string of the molecule is COc1cc(N)c(OCCN(C)C2CC2)cc1OC. The van der Waals surface area contributed by atoms with Gasteiger partial charge in [0.05, 0.1) is 19.9 Å². The highest BCUT2D eigenvalue weighted by molar-refractivity contribution is 5.61. The molecule has 106 valence electrons. The molecule has 5 nitrogen and oxygen atoms in total. The molecule has 1 aromatic carbocycles. The number of nitrogen functional groups attached to an aromatic ring is 1. The van der Waals surface area contributed by atoms with Crippen LogP contribution in [0, 0.1) is 0 Å². The van der Waals surface area contributed by atoms with Gasteiger partial charge in [0.2, 0.25) is 0 Å². The van der Waals surface area contributed by atoms with E-state index < -0.39 is 0 Å². The van der Waals surface area contributed by atoms with Crippen LogP contribution in [0.1, 0.15) is 12.8 Å². The third kappa shape index (κ3) is 3.44. The fourth-order valence-electron chi connectivity index (χ4n) is 2.00. The Morgan fingerprint density at radius 2 is 1.79 bits per heavy atom. The van der Waals surface area contributed by atoms with Gasteiger partial charge in [-0.1, -0.05) is 0 Å². The normalized spacial score (nSPS) is 14.5. The van der Waals surface area contributed by atoms with Gasteiger partial charge in [-0.2, -0.15) is 0 Å². The Balaban J connectivity index is 1.95. The summed E-state index contributed by atoms with van der Waals surface area (Å²) in [6.07, 6.45) is 2.60. The van der Waals surface area contributed by atoms with E-state index in [1.54, 1.807) is 26.4 Å². The number of nitrogens with two attached hydrogens (primary N) is 1. The Labute approximate surface area is 114 Å². The Morgan fingerprint density at radius 1 is 1.16 bits per heavy atom. The van der Waals surface area contributed by atoms with Gasteiger partial charge in [0.1, 0.15) is 12.4 Å². The van der Waals surface area contributed by atoms with Gasteiger partial charge in [-0.15, -0.1) is 0 Å². The van der Waals surface area contributed by atoms with Crippen molar-refractivity contribution < 1.29 is 14.2 Å². The van der Waals surface area contributed by atoms with E-state index in [9.17, 15) is 0 Å². The van der Waals surface area contributed by atoms with E-state index >= 15 is 0 Å². The summed E-state index contributed by atoms with van der Waals surface area (Å²) in [5, 5.41) is 0. The number of nitrogens with zero attached hydrogens (tertiary/aromatic N) is 1. The second-order valence-corrected chi connectivity index (χ2v) is 4.81. The summed E-state index contributed by atoms with van der Waals surface area (Å²) in [5.41, 5.74) is 6.50. The number of rotatable bonds is 7. The highest BCUT2D eigenvalue weighted by Crippen LogP contribution is 2.36. The molecular formula is C14H22N2O3. The predicted molar refractivity (Wildman–Crippen MR) is 75.1 cm³/mol. The van der Waals surface area contributed by atoms with E-state index in [4.69, 9.17) is 19.9 Å². The summed E-state index contributed by atoms with van der Waals surface area (Å²) in [6, 6.07) is 4.23. The monoisotopic (exact) mass is 266 g/mol. The lowest BCUT2D eigenvalue weighted by Crippen LogP contribution is -2.26. The number of hydrogen-bond acceptors (Lipinski definition) is 5. The van der Waals surface area contributed by atoms with Gasteiger partial charge in [-0.3, -0.25) is 0 Å². The van der Waals surface area contributed by atoms with Crippen molar-refractivity contribution in [3.63, 3.8) is 0 Å². The first kappa shape index (κ1) is 13.8. The molecule has 2 N–H and O–H groups in total. The molecule has 0 atom stereocenters. The van der Waals surface area contributed by atoms with Crippen LogP contribution in [0.25, 0.3) is 0 Å². The minimum absolute atomic E-state index is 0.562. The van der Waals surface area contributed by atoms with E-state index in [1.807, 2.05) is 0 Å². The number of benzene rings is 1. The molecule has 0 saturated heterocycles. The summed E-state index contributed by atoms with van der Waals surface area (Å²) in [4.78, 5) is 2.32. The van der Waals surface area contributed by atoms with E-state index in [1.165, 1.54) is 12.8 Å². The first-order valence-electron chi connectivity index (χ1n) is 6.50. The third-order valence-corrected chi connectivity index (χ3v) is 3.39. The molecule has 2 rings (SSSR count). The lowest BCUT2D eigenvalue weighted by Gasteiger charge is -2.17. The van der Waals surface area contributed by atoms with Gasteiger partial charge < -0.3 is 24.8 Å². The summed E-state index contributed by atoms with van der Waals surface area (Å²) >= 11 is 0. The van der Waals surface area contributed by atoms with Crippen molar-refractivity contribution in [3.8, 4) is 17.2 Å². The van der Waals surface area contributed by atoms with Gasteiger partial charge in [0.25, 0.3) is 0 Å². The van der Waals surface area contributed by atoms with Gasteiger partial charge in [-0.25, -0.2) is 0 Å². The van der Waals surface area contributed by atoms with Crippen molar-refractivity contribution in [2.24, 2.45) is 0 Å². The molecule has 0 heterocycles. The molecule has 5 heteroatoms. The first-order chi connectivity index (χ1) is 9.15. The van der Waals surface area contributed by atoms with Crippen LogP contribution in [-0.2, 0) is 0 Å². The quantitative estimate of drug-likeness (QED) is 0.762. The van der Waals surface area contributed by atoms with Gasteiger partial charge in [0, 0.05) is 24.7 Å². The van der Waals surface area contributed by atoms with Crippen LogP contribution in [0.2, 0.25) is 0 Å². The molecule has 1 fully saturated rings.